The maximum Gasteiger partial charge on any atom is 0.255 e. The number of hydrogen-bond donors (Lipinski definition) is 0. The average Bonchev–Trinajstić information content (AvgIpc) is 1.94. The second-order valence-corrected chi connectivity index (χ2v) is 1.78. The molecule has 0 unspecified atom stereocenters. The standard InChI is InChI=1S/C6H9N3O/c1-3-10-6-5(2)7-4-8-9-6/h4H,3H2,1-2H3. The van der Waals surface area contributed by atoms with Crippen molar-refractivity contribution >= 4 is 0 Å². The molecule has 0 atom stereocenters. The third-order valence-electron chi connectivity index (χ3n) is 1.04. The number of nitrogens with zero attached hydrogens (tertiary/aromatic N) is 3. The van der Waals surface area contributed by atoms with Crippen LogP contribution in [0.25, 0.3) is 0 Å². The molecule has 0 fully saturated rings. The Bertz CT molecular complexity index is 214. The predicted molar refractivity (Wildman–Crippen MR) is 35.7 cm³/mol. The zero-order valence-corrected chi connectivity index (χ0v) is 6.03. The number of hydrogen-bond acceptors (Lipinski definition) is 4. The molecule has 54 valence electrons. The number of aryl methyl sites for hydroxylation is 1. The predicted octanol–water partition coefficient (Wildman–Crippen LogP) is 0.579. The minimum atomic E-state index is 0.519. The van der Waals surface area contributed by atoms with Crippen molar-refractivity contribution in [1.29, 1.82) is 0 Å². The fraction of sp³-hybridized carbons (Fsp3) is 0.500. The number of ether oxygens (including phenoxy) is 1. The molecular formula is C6H9N3O. The lowest BCUT2D eigenvalue weighted by Crippen LogP contribution is -1.99. The van der Waals surface area contributed by atoms with E-state index >= 15 is 0 Å². The zero-order chi connectivity index (χ0) is 7.40. The molecule has 10 heavy (non-hydrogen) atoms. The molecular weight excluding hydrogens is 130 g/mol. The maximum absolute atomic E-state index is 5.10. The molecule has 1 aromatic heterocycles. The van der Waals surface area contributed by atoms with Gasteiger partial charge < -0.3 is 4.74 Å². The van der Waals surface area contributed by atoms with Gasteiger partial charge in [0, 0.05) is 0 Å². The van der Waals surface area contributed by atoms with Crippen LogP contribution in [0.4, 0.5) is 0 Å². The van der Waals surface area contributed by atoms with Crippen molar-refractivity contribution in [2.75, 3.05) is 6.61 Å². The Morgan fingerprint density at radius 3 is 3.00 bits per heavy atom. The highest BCUT2D eigenvalue weighted by molar-refractivity contribution is 5.12. The van der Waals surface area contributed by atoms with E-state index in [0.29, 0.717) is 12.5 Å². The Kier molecular flexibility index (Phi) is 2.15. The molecule has 0 aliphatic rings. The van der Waals surface area contributed by atoms with Crippen LogP contribution < -0.4 is 4.74 Å². The summed E-state index contributed by atoms with van der Waals surface area (Å²) in [6.45, 7) is 4.33. The van der Waals surface area contributed by atoms with Gasteiger partial charge in [0.1, 0.15) is 12.0 Å². The first-order chi connectivity index (χ1) is 4.84. The van der Waals surface area contributed by atoms with E-state index in [1.807, 2.05) is 13.8 Å². The van der Waals surface area contributed by atoms with E-state index in [-0.39, 0.29) is 0 Å². The molecule has 0 aliphatic heterocycles. The van der Waals surface area contributed by atoms with E-state index in [2.05, 4.69) is 15.2 Å². The normalized spacial score (nSPS) is 9.40. The molecule has 1 rings (SSSR count). The van der Waals surface area contributed by atoms with Gasteiger partial charge in [-0.05, 0) is 13.8 Å². The van der Waals surface area contributed by atoms with Crippen LogP contribution in [0.3, 0.4) is 0 Å². The Morgan fingerprint density at radius 1 is 1.60 bits per heavy atom. The fourth-order valence-corrected chi connectivity index (χ4v) is 0.588. The van der Waals surface area contributed by atoms with Gasteiger partial charge in [0.05, 0.1) is 6.61 Å². The highest BCUT2D eigenvalue weighted by atomic mass is 16.5. The molecule has 0 spiro atoms. The molecule has 0 saturated carbocycles. The van der Waals surface area contributed by atoms with Gasteiger partial charge in [-0.25, -0.2) is 4.98 Å². The van der Waals surface area contributed by atoms with Crippen molar-refractivity contribution in [3.63, 3.8) is 0 Å². The number of rotatable bonds is 2. The van der Waals surface area contributed by atoms with E-state index in [1.165, 1.54) is 6.33 Å². The molecule has 0 aromatic carbocycles. The molecule has 0 bridgehead atoms. The first-order valence-corrected chi connectivity index (χ1v) is 3.11. The topological polar surface area (TPSA) is 47.9 Å². The second kappa shape index (κ2) is 3.10. The molecule has 0 saturated heterocycles. The Balaban J connectivity index is 2.81. The Hall–Kier alpha value is -1.19. The first kappa shape index (κ1) is 6.92. The van der Waals surface area contributed by atoms with Crippen LogP contribution in [0.1, 0.15) is 12.6 Å². The van der Waals surface area contributed by atoms with E-state index in [4.69, 9.17) is 4.74 Å². The molecule has 1 aromatic rings. The summed E-state index contributed by atoms with van der Waals surface area (Å²) in [4.78, 5) is 3.90. The van der Waals surface area contributed by atoms with Crippen LogP contribution in [0, 0.1) is 6.92 Å². The summed E-state index contributed by atoms with van der Waals surface area (Å²) < 4.78 is 5.10. The summed E-state index contributed by atoms with van der Waals surface area (Å²) in [5.74, 6) is 0.519. The van der Waals surface area contributed by atoms with Gasteiger partial charge in [0.2, 0.25) is 0 Å². The molecule has 0 N–H and O–H groups in total. The van der Waals surface area contributed by atoms with Crippen LogP contribution >= 0.6 is 0 Å². The van der Waals surface area contributed by atoms with Crippen molar-refractivity contribution in [2.45, 2.75) is 13.8 Å². The Labute approximate surface area is 59.3 Å². The SMILES string of the molecule is CCOc1nncnc1C. The molecule has 0 radical (unpaired) electrons. The van der Waals surface area contributed by atoms with Gasteiger partial charge in [-0.3, -0.25) is 0 Å². The second-order valence-electron chi connectivity index (χ2n) is 1.78. The van der Waals surface area contributed by atoms with Gasteiger partial charge in [0.15, 0.2) is 0 Å². The highest BCUT2D eigenvalue weighted by Gasteiger charge is 1.98. The number of aromatic nitrogens is 3. The van der Waals surface area contributed by atoms with E-state index in [0.717, 1.165) is 5.69 Å². The Morgan fingerprint density at radius 2 is 2.40 bits per heavy atom. The zero-order valence-electron chi connectivity index (χ0n) is 6.03. The molecule has 4 nitrogen and oxygen atoms in total. The van der Waals surface area contributed by atoms with Gasteiger partial charge >= 0.3 is 0 Å². The maximum atomic E-state index is 5.10. The summed E-state index contributed by atoms with van der Waals surface area (Å²) in [6.07, 6.45) is 1.40. The van der Waals surface area contributed by atoms with Crippen LogP contribution in [0.15, 0.2) is 6.33 Å². The van der Waals surface area contributed by atoms with Crippen LogP contribution in [0.2, 0.25) is 0 Å². The summed E-state index contributed by atoms with van der Waals surface area (Å²) >= 11 is 0. The van der Waals surface area contributed by atoms with Crippen molar-refractivity contribution in [1.82, 2.24) is 15.2 Å². The third-order valence-corrected chi connectivity index (χ3v) is 1.04. The van der Waals surface area contributed by atoms with Gasteiger partial charge in [-0.2, -0.15) is 0 Å². The van der Waals surface area contributed by atoms with Crippen molar-refractivity contribution in [3.8, 4) is 5.88 Å². The molecule has 0 amide bonds. The summed E-state index contributed by atoms with van der Waals surface area (Å²) in [6, 6.07) is 0. The minimum Gasteiger partial charge on any atom is -0.476 e. The fourth-order valence-electron chi connectivity index (χ4n) is 0.588. The van der Waals surface area contributed by atoms with Crippen molar-refractivity contribution < 1.29 is 4.74 Å². The lowest BCUT2D eigenvalue weighted by Gasteiger charge is -2.00. The van der Waals surface area contributed by atoms with Crippen molar-refractivity contribution in [3.05, 3.63) is 12.0 Å². The smallest absolute Gasteiger partial charge is 0.255 e. The average molecular weight is 139 g/mol. The van der Waals surface area contributed by atoms with Crippen LogP contribution in [0.5, 0.6) is 5.88 Å². The summed E-state index contributed by atoms with van der Waals surface area (Å²) in [7, 11) is 0. The van der Waals surface area contributed by atoms with Crippen LogP contribution in [-0.4, -0.2) is 21.8 Å². The molecule has 4 heteroatoms. The minimum absolute atomic E-state index is 0.519. The first-order valence-electron chi connectivity index (χ1n) is 3.11. The molecule has 1 heterocycles. The van der Waals surface area contributed by atoms with E-state index < -0.39 is 0 Å². The van der Waals surface area contributed by atoms with E-state index in [9.17, 15) is 0 Å². The largest absolute Gasteiger partial charge is 0.476 e. The van der Waals surface area contributed by atoms with Gasteiger partial charge in [0.25, 0.3) is 5.88 Å². The lowest BCUT2D eigenvalue weighted by molar-refractivity contribution is 0.317. The van der Waals surface area contributed by atoms with Crippen LogP contribution in [-0.2, 0) is 0 Å². The highest BCUT2D eigenvalue weighted by Crippen LogP contribution is 2.06. The summed E-state index contributed by atoms with van der Waals surface area (Å²) in [5, 5.41) is 7.31. The quantitative estimate of drug-likeness (QED) is 0.601. The van der Waals surface area contributed by atoms with Crippen molar-refractivity contribution in [2.24, 2.45) is 0 Å². The summed E-state index contributed by atoms with van der Waals surface area (Å²) in [5.41, 5.74) is 0.775. The van der Waals surface area contributed by atoms with Gasteiger partial charge in [-0.15, -0.1) is 10.2 Å². The third kappa shape index (κ3) is 1.40. The molecule has 0 aliphatic carbocycles. The monoisotopic (exact) mass is 139 g/mol. The lowest BCUT2D eigenvalue weighted by atomic mass is 10.5. The van der Waals surface area contributed by atoms with Gasteiger partial charge in [-0.1, -0.05) is 0 Å². The van der Waals surface area contributed by atoms with E-state index in [1.54, 1.807) is 0 Å².